The standard InChI is InChI=1S/C9H18FN/c1-9(2)4-7(5-9)3-8(10)6-11/h7-8H,3-6,11H2,1-2H3/t8-/m0/s1. The first-order valence-corrected chi connectivity index (χ1v) is 4.37. The molecule has 0 spiro atoms. The van der Waals surface area contributed by atoms with Crippen LogP contribution in [0.5, 0.6) is 0 Å². The van der Waals surface area contributed by atoms with Gasteiger partial charge in [-0.3, -0.25) is 0 Å². The van der Waals surface area contributed by atoms with E-state index in [1.807, 2.05) is 0 Å². The molecule has 1 aliphatic rings. The lowest BCUT2D eigenvalue weighted by atomic mass is 9.63. The van der Waals surface area contributed by atoms with Crippen LogP contribution in [0.2, 0.25) is 0 Å². The number of nitrogens with two attached hydrogens (primary N) is 1. The second-order valence-corrected chi connectivity index (χ2v) is 4.51. The molecule has 1 saturated carbocycles. The van der Waals surface area contributed by atoms with Gasteiger partial charge in [-0.25, -0.2) is 4.39 Å². The molecule has 0 heterocycles. The maximum atomic E-state index is 12.7. The van der Waals surface area contributed by atoms with E-state index in [1.54, 1.807) is 0 Å². The largest absolute Gasteiger partial charge is 0.328 e. The Morgan fingerprint density at radius 1 is 1.55 bits per heavy atom. The molecule has 0 aromatic heterocycles. The molecule has 1 nitrogen and oxygen atoms in total. The maximum Gasteiger partial charge on any atom is 0.113 e. The molecule has 0 saturated heterocycles. The summed E-state index contributed by atoms with van der Waals surface area (Å²) in [6, 6.07) is 0. The van der Waals surface area contributed by atoms with E-state index >= 15 is 0 Å². The van der Waals surface area contributed by atoms with Crippen molar-refractivity contribution in [2.24, 2.45) is 17.1 Å². The molecule has 0 aromatic carbocycles. The summed E-state index contributed by atoms with van der Waals surface area (Å²) in [5, 5.41) is 0. The third-order valence-corrected chi connectivity index (χ3v) is 2.53. The predicted molar refractivity (Wildman–Crippen MR) is 45.1 cm³/mol. The van der Waals surface area contributed by atoms with Gasteiger partial charge in [0.25, 0.3) is 0 Å². The van der Waals surface area contributed by atoms with Crippen LogP contribution in [0.4, 0.5) is 4.39 Å². The van der Waals surface area contributed by atoms with Gasteiger partial charge in [0.1, 0.15) is 6.17 Å². The fraction of sp³-hybridized carbons (Fsp3) is 1.00. The van der Waals surface area contributed by atoms with E-state index in [4.69, 9.17) is 5.73 Å². The molecule has 0 amide bonds. The van der Waals surface area contributed by atoms with Crippen molar-refractivity contribution in [2.45, 2.75) is 39.3 Å². The van der Waals surface area contributed by atoms with E-state index in [0.717, 1.165) is 0 Å². The van der Waals surface area contributed by atoms with E-state index in [1.165, 1.54) is 12.8 Å². The maximum absolute atomic E-state index is 12.7. The molecular weight excluding hydrogens is 141 g/mol. The quantitative estimate of drug-likeness (QED) is 0.670. The molecule has 0 radical (unpaired) electrons. The smallest absolute Gasteiger partial charge is 0.113 e. The number of hydrogen-bond donors (Lipinski definition) is 1. The van der Waals surface area contributed by atoms with Crippen LogP contribution in [-0.2, 0) is 0 Å². The second kappa shape index (κ2) is 3.10. The highest BCUT2D eigenvalue weighted by molar-refractivity contribution is 4.87. The van der Waals surface area contributed by atoms with Crippen LogP contribution in [0.25, 0.3) is 0 Å². The van der Waals surface area contributed by atoms with Gasteiger partial charge in [0.2, 0.25) is 0 Å². The molecule has 0 unspecified atom stereocenters. The molecule has 1 aliphatic carbocycles. The first-order valence-electron chi connectivity index (χ1n) is 4.37. The second-order valence-electron chi connectivity index (χ2n) is 4.51. The van der Waals surface area contributed by atoms with Crippen molar-refractivity contribution in [3.63, 3.8) is 0 Å². The van der Waals surface area contributed by atoms with Gasteiger partial charge in [-0.2, -0.15) is 0 Å². The van der Waals surface area contributed by atoms with Gasteiger partial charge in [0, 0.05) is 6.54 Å². The van der Waals surface area contributed by atoms with Crippen LogP contribution < -0.4 is 5.73 Å². The highest BCUT2D eigenvalue weighted by Crippen LogP contribution is 2.46. The van der Waals surface area contributed by atoms with Gasteiger partial charge in [0.05, 0.1) is 0 Å². The first-order chi connectivity index (χ1) is 5.03. The average Bonchev–Trinajstić information content (AvgIpc) is 1.83. The lowest BCUT2D eigenvalue weighted by Crippen LogP contribution is -2.34. The van der Waals surface area contributed by atoms with Crippen LogP contribution in [0.3, 0.4) is 0 Å². The van der Waals surface area contributed by atoms with E-state index in [2.05, 4.69) is 13.8 Å². The van der Waals surface area contributed by atoms with Crippen molar-refractivity contribution >= 4 is 0 Å². The summed E-state index contributed by atoms with van der Waals surface area (Å²) in [6.45, 7) is 4.66. The van der Waals surface area contributed by atoms with Crippen molar-refractivity contribution < 1.29 is 4.39 Å². The minimum absolute atomic E-state index is 0.191. The Balaban J connectivity index is 2.13. The van der Waals surface area contributed by atoms with E-state index in [0.29, 0.717) is 17.8 Å². The monoisotopic (exact) mass is 159 g/mol. The molecule has 0 bridgehead atoms. The summed E-state index contributed by atoms with van der Waals surface area (Å²) in [5.41, 5.74) is 5.66. The molecule has 1 fully saturated rings. The fourth-order valence-electron chi connectivity index (χ4n) is 2.13. The Morgan fingerprint density at radius 3 is 2.45 bits per heavy atom. The van der Waals surface area contributed by atoms with Crippen LogP contribution in [0.1, 0.15) is 33.1 Å². The summed E-state index contributed by atoms with van der Waals surface area (Å²) < 4.78 is 12.7. The number of rotatable bonds is 3. The summed E-state index contributed by atoms with van der Waals surface area (Å²) >= 11 is 0. The van der Waals surface area contributed by atoms with Crippen LogP contribution in [0.15, 0.2) is 0 Å². The lowest BCUT2D eigenvalue weighted by Gasteiger charge is -2.43. The van der Waals surface area contributed by atoms with Gasteiger partial charge in [-0.1, -0.05) is 13.8 Å². The number of hydrogen-bond acceptors (Lipinski definition) is 1. The number of halogens is 1. The molecule has 1 atom stereocenters. The zero-order valence-electron chi connectivity index (χ0n) is 7.44. The summed E-state index contributed by atoms with van der Waals surface area (Å²) in [4.78, 5) is 0. The van der Waals surface area contributed by atoms with E-state index < -0.39 is 6.17 Å². The van der Waals surface area contributed by atoms with Gasteiger partial charge >= 0.3 is 0 Å². The minimum atomic E-state index is -0.768. The van der Waals surface area contributed by atoms with Gasteiger partial charge in [-0.05, 0) is 30.6 Å². The third kappa shape index (κ3) is 2.44. The van der Waals surface area contributed by atoms with E-state index in [9.17, 15) is 4.39 Å². The third-order valence-electron chi connectivity index (χ3n) is 2.53. The Morgan fingerprint density at radius 2 is 2.09 bits per heavy atom. The molecule has 11 heavy (non-hydrogen) atoms. The molecule has 1 rings (SSSR count). The van der Waals surface area contributed by atoms with Crippen molar-refractivity contribution in [2.75, 3.05) is 6.54 Å². The fourth-order valence-corrected chi connectivity index (χ4v) is 2.13. The van der Waals surface area contributed by atoms with Gasteiger partial charge in [0.15, 0.2) is 0 Å². The Hall–Kier alpha value is -0.110. The molecule has 2 heteroatoms. The lowest BCUT2D eigenvalue weighted by molar-refractivity contribution is 0.0694. The SMILES string of the molecule is CC1(C)CC(C[C@H](F)CN)C1. The van der Waals surface area contributed by atoms with Crippen LogP contribution in [0, 0.1) is 11.3 Å². The summed E-state index contributed by atoms with van der Waals surface area (Å²) in [7, 11) is 0. The summed E-state index contributed by atoms with van der Waals surface area (Å²) in [5.74, 6) is 0.601. The Bertz CT molecular complexity index is 126. The molecule has 2 N–H and O–H groups in total. The Kier molecular flexibility index (Phi) is 2.53. The molecular formula is C9H18FN. The van der Waals surface area contributed by atoms with Crippen molar-refractivity contribution in [1.82, 2.24) is 0 Å². The summed E-state index contributed by atoms with van der Waals surface area (Å²) in [6.07, 6.45) is 2.26. The average molecular weight is 159 g/mol. The molecule has 66 valence electrons. The van der Waals surface area contributed by atoms with Gasteiger partial charge < -0.3 is 5.73 Å². The van der Waals surface area contributed by atoms with Crippen molar-refractivity contribution in [3.8, 4) is 0 Å². The highest BCUT2D eigenvalue weighted by Gasteiger charge is 2.36. The molecule has 0 aliphatic heterocycles. The van der Waals surface area contributed by atoms with Crippen LogP contribution in [-0.4, -0.2) is 12.7 Å². The first kappa shape index (κ1) is 8.98. The Labute approximate surface area is 68.2 Å². The zero-order chi connectivity index (χ0) is 8.48. The predicted octanol–water partition coefficient (Wildman–Crippen LogP) is 2.11. The number of alkyl halides is 1. The van der Waals surface area contributed by atoms with Crippen LogP contribution >= 0.6 is 0 Å². The minimum Gasteiger partial charge on any atom is -0.328 e. The zero-order valence-corrected chi connectivity index (χ0v) is 7.44. The highest BCUT2D eigenvalue weighted by atomic mass is 19.1. The van der Waals surface area contributed by atoms with Gasteiger partial charge in [-0.15, -0.1) is 0 Å². The molecule has 0 aromatic rings. The topological polar surface area (TPSA) is 26.0 Å². The van der Waals surface area contributed by atoms with E-state index in [-0.39, 0.29) is 6.54 Å². The normalized spacial score (nSPS) is 26.2. The van der Waals surface area contributed by atoms with Crippen molar-refractivity contribution in [1.29, 1.82) is 0 Å². The van der Waals surface area contributed by atoms with Crippen molar-refractivity contribution in [3.05, 3.63) is 0 Å².